The Morgan fingerprint density at radius 3 is 2.52 bits per heavy atom. The second kappa shape index (κ2) is 18.3. The maximum atomic E-state index is 15.3. The number of carbonyl (C=O) groups excluding carboxylic acids is 2. The molecule has 0 aliphatic carbocycles. The molecule has 2 aromatic carbocycles. The second-order valence-electron chi connectivity index (χ2n) is 11.6. The number of methoxy groups -OCH3 is 2. The Hall–Kier alpha value is -3.04. The van der Waals surface area contributed by atoms with Gasteiger partial charge in [0.15, 0.2) is 11.1 Å². The number of piperazine rings is 1. The van der Waals surface area contributed by atoms with Crippen LogP contribution in [0.2, 0.25) is 0 Å². The third-order valence-electron chi connectivity index (χ3n) is 8.59. The molecule has 4 N–H and O–H groups in total. The van der Waals surface area contributed by atoms with E-state index < -0.39 is 52.8 Å². The summed E-state index contributed by atoms with van der Waals surface area (Å²) < 4.78 is 73.1. The van der Waals surface area contributed by atoms with E-state index in [1.807, 2.05) is 7.05 Å². The number of anilines is 1. The number of benzene rings is 2. The zero-order chi connectivity index (χ0) is 33.7. The molecule has 1 fully saturated rings. The summed E-state index contributed by atoms with van der Waals surface area (Å²) in [6, 6.07) is 8.59. The molecule has 0 saturated carbocycles. The molecule has 2 aromatic rings. The van der Waals surface area contributed by atoms with Gasteiger partial charge in [-0.2, -0.15) is 0 Å². The topological polar surface area (TPSA) is 129 Å². The van der Waals surface area contributed by atoms with E-state index in [0.29, 0.717) is 37.9 Å². The van der Waals surface area contributed by atoms with Gasteiger partial charge in [0, 0.05) is 54.7 Å². The summed E-state index contributed by atoms with van der Waals surface area (Å²) in [5, 5.41) is 8.85. The molecule has 3 rings (SSSR count). The molecule has 1 aliphatic rings. The van der Waals surface area contributed by atoms with Crippen LogP contribution in [0.1, 0.15) is 43.2 Å². The number of carbonyl (C=O) groups is 2. The molecule has 0 aromatic heterocycles. The highest BCUT2D eigenvalue weighted by Gasteiger charge is 2.46. The molecule has 1 aliphatic heterocycles. The normalized spacial score (nSPS) is 19.5. The molecular formula is C32H45F3N4O6S. The van der Waals surface area contributed by atoms with E-state index in [2.05, 4.69) is 20.9 Å². The summed E-state index contributed by atoms with van der Waals surface area (Å²) >= 11 is -1.81. The summed E-state index contributed by atoms with van der Waals surface area (Å²) in [6.45, 7) is 0.545. The first-order valence-electron chi connectivity index (χ1n) is 15.3. The number of nitrogens with one attached hydrogen (secondary N) is 3. The SMILES string of the molecule is COCC(CCCF)(c1ccc(F)cc1)[C@H](NC(=O)OC)C(=O)Nc1cccc(F)c1CC[C@H]1CN(C)C(CCCS(=O)O)CN1. The standard InChI is InChI=1S/C32H45F3N4O6S/c1-39-20-24(36-19-25(39)7-5-18-46(42)43)14-15-26-27(35)8-4-9-28(26)37-30(40)29(38-31(41)45-3)32(21-44-2,16-6-17-33)22-10-12-23(34)13-11-22/h4,8-13,24-25,29,36H,5-7,14-21H2,1-3H3,(H,37,40)(H,38,41)(H,42,43)/t24-,25?,29+,32?/m0/s1. The van der Waals surface area contributed by atoms with Crippen molar-refractivity contribution in [2.75, 3.05) is 58.7 Å². The molecule has 14 heteroatoms. The summed E-state index contributed by atoms with van der Waals surface area (Å²) in [5.74, 6) is -1.49. The van der Waals surface area contributed by atoms with Crippen LogP contribution in [-0.4, -0.2) is 97.2 Å². The van der Waals surface area contributed by atoms with Crippen LogP contribution in [0.15, 0.2) is 42.5 Å². The Kier molecular flexibility index (Phi) is 14.9. The molecule has 5 atom stereocenters. The average Bonchev–Trinajstić information content (AvgIpc) is 3.02. The van der Waals surface area contributed by atoms with Gasteiger partial charge >= 0.3 is 6.09 Å². The van der Waals surface area contributed by atoms with Gasteiger partial charge in [-0.1, -0.05) is 18.2 Å². The molecule has 256 valence electrons. The predicted octanol–water partition coefficient (Wildman–Crippen LogP) is 4.17. The first-order chi connectivity index (χ1) is 22.0. The largest absolute Gasteiger partial charge is 0.453 e. The number of likely N-dealkylation sites (N-methyl/N-ethyl adjacent to an activating group) is 1. The fourth-order valence-corrected chi connectivity index (χ4v) is 6.59. The molecule has 2 amide bonds. The maximum absolute atomic E-state index is 15.3. The molecule has 0 radical (unpaired) electrons. The molecule has 0 bridgehead atoms. The minimum atomic E-state index is -1.81. The Labute approximate surface area is 271 Å². The van der Waals surface area contributed by atoms with Gasteiger partial charge < -0.3 is 34.9 Å². The molecular weight excluding hydrogens is 625 g/mol. The summed E-state index contributed by atoms with van der Waals surface area (Å²) in [7, 11) is 4.54. The average molecular weight is 671 g/mol. The van der Waals surface area contributed by atoms with Gasteiger partial charge in [0.2, 0.25) is 5.91 Å². The first-order valence-corrected chi connectivity index (χ1v) is 16.6. The number of alkyl halides is 1. The number of hydrogen-bond donors (Lipinski definition) is 4. The highest BCUT2D eigenvalue weighted by Crippen LogP contribution is 2.36. The summed E-state index contributed by atoms with van der Waals surface area (Å²) in [5.41, 5.74) is -0.389. The number of amides is 2. The van der Waals surface area contributed by atoms with E-state index in [-0.39, 0.29) is 48.5 Å². The van der Waals surface area contributed by atoms with Crippen LogP contribution < -0.4 is 16.0 Å². The van der Waals surface area contributed by atoms with Crippen molar-refractivity contribution < 1.29 is 41.0 Å². The van der Waals surface area contributed by atoms with E-state index in [9.17, 15) is 22.6 Å². The maximum Gasteiger partial charge on any atom is 0.407 e. The molecule has 0 spiro atoms. The Morgan fingerprint density at radius 1 is 1.15 bits per heavy atom. The number of hydrogen-bond acceptors (Lipinski definition) is 7. The van der Waals surface area contributed by atoms with E-state index >= 15 is 4.39 Å². The van der Waals surface area contributed by atoms with Crippen molar-refractivity contribution in [2.24, 2.45) is 0 Å². The summed E-state index contributed by atoms with van der Waals surface area (Å²) in [6.07, 6.45) is 1.42. The third kappa shape index (κ3) is 10.2. The van der Waals surface area contributed by atoms with Crippen molar-refractivity contribution >= 4 is 28.8 Å². The molecule has 46 heavy (non-hydrogen) atoms. The third-order valence-corrected chi connectivity index (χ3v) is 9.23. The van der Waals surface area contributed by atoms with Crippen molar-refractivity contribution in [3.63, 3.8) is 0 Å². The minimum Gasteiger partial charge on any atom is -0.453 e. The fourth-order valence-electron chi connectivity index (χ4n) is 6.18. The number of rotatable bonds is 17. The molecule has 1 saturated heterocycles. The number of alkyl carbamates (subject to hydrolysis) is 1. The molecule has 1 heterocycles. The van der Waals surface area contributed by atoms with Gasteiger partial charge in [-0.15, -0.1) is 0 Å². The zero-order valence-electron chi connectivity index (χ0n) is 26.5. The van der Waals surface area contributed by atoms with Gasteiger partial charge in [-0.3, -0.25) is 9.18 Å². The van der Waals surface area contributed by atoms with Crippen molar-refractivity contribution in [2.45, 2.75) is 62.1 Å². The lowest BCUT2D eigenvalue weighted by atomic mass is 9.71. The Bertz CT molecular complexity index is 1310. The number of halogens is 3. The van der Waals surface area contributed by atoms with E-state index in [1.165, 1.54) is 43.5 Å². The lowest BCUT2D eigenvalue weighted by Crippen LogP contribution is -2.59. The highest BCUT2D eigenvalue weighted by atomic mass is 32.2. The summed E-state index contributed by atoms with van der Waals surface area (Å²) in [4.78, 5) is 28.8. The second-order valence-corrected chi connectivity index (χ2v) is 12.7. The van der Waals surface area contributed by atoms with Crippen molar-refractivity contribution in [1.82, 2.24) is 15.5 Å². The van der Waals surface area contributed by atoms with Gasteiger partial charge in [-0.25, -0.2) is 17.8 Å². The van der Waals surface area contributed by atoms with Crippen LogP contribution in [0.5, 0.6) is 0 Å². The van der Waals surface area contributed by atoms with Crippen LogP contribution in [0.4, 0.5) is 23.7 Å². The Morgan fingerprint density at radius 2 is 1.89 bits per heavy atom. The van der Waals surface area contributed by atoms with Gasteiger partial charge in [0.25, 0.3) is 0 Å². The van der Waals surface area contributed by atoms with Crippen molar-refractivity contribution in [1.29, 1.82) is 0 Å². The highest BCUT2D eigenvalue weighted by molar-refractivity contribution is 7.79. The zero-order valence-corrected chi connectivity index (χ0v) is 27.3. The van der Waals surface area contributed by atoms with Gasteiger partial charge in [-0.05, 0) is 75.4 Å². The first kappa shape index (κ1) is 37.4. The smallest absolute Gasteiger partial charge is 0.407 e. The van der Waals surface area contributed by atoms with Crippen molar-refractivity contribution in [3.8, 4) is 0 Å². The van der Waals surface area contributed by atoms with Gasteiger partial charge in [0.1, 0.15) is 17.7 Å². The van der Waals surface area contributed by atoms with Crippen LogP contribution in [0.3, 0.4) is 0 Å². The Balaban J connectivity index is 1.85. The molecule has 3 unspecified atom stereocenters. The monoisotopic (exact) mass is 670 g/mol. The van der Waals surface area contributed by atoms with Crippen LogP contribution in [0.25, 0.3) is 0 Å². The minimum absolute atomic E-state index is 0.0171. The number of nitrogens with zero attached hydrogens (tertiary/aromatic N) is 1. The van der Waals surface area contributed by atoms with Crippen LogP contribution in [0, 0.1) is 11.6 Å². The lowest BCUT2D eigenvalue weighted by Gasteiger charge is -2.40. The van der Waals surface area contributed by atoms with E-state index in [4.69, 9.17) is 14.0 Å². The van der Waals surface area contributed by atoms with Crippen molar-refractivity contribution in [3.05, 3.63) is 65.2 Å². The quantitative estimate of drug-likeness (QED) is 0.185. The van der Waals surface area contributed by atoms with Crippen LogP contribution >= 0.6 is 0 Å². The van der Waals surface area contributed by atoms with Crippen LogP contribution in [-0.2, 0) is 37.2 Å². The number of ether oxygens (including phenoxy) is 2. The molecule has 10 nitrogen and oxygen atoms in total. The predicted molar refractivity (Wildman–Crippen MR) is 171 cm³/mol. The van der Waals surface area contributed by atoms with E-state index in [1.54, 1.807) is 6.07 Å². The lowest BCUT2D eigenvalue weighted by molar-refractivity contribution is -0.120. The fraction of sp³-hybridized carbons (Fsp3) is 0.562. The van der Waals surface area contributed by atoms with E-state index in [0.717, 1.165) is 13.5 Å². The van der Waals surface area contributed by atoms with Gasteiger partial charge in [0.05, 0.1) is 20.4 Å².